The van der Waals surface area contributed by atoms with E-state index in [1.807, 2.05) is 18.3 Å². The van der Waals surface area contributed by atoms with Gasteiger partial charge in [-0.1, -0.05) is 0 Å². The number of amides is 1. The van der Waals surface area contributed by atoms with Gasteiger partial charge in [0.2, 0.25) is 0 Å². The highest BCUT2D eigenvalue weighted by Crippen LogP contribution is 2.11. The number of nitrogens with one attached hydrogen (secondary N) is 2. The van der Waals surface area contributed by atoms with E-state index in [9.17, 15) is 4.79 Å². The zero-order valence-electron chi connectivity index (χ0n) is 12.0. The minimum atomic E-state index is -0.183. The monoisotopic (exact) mass is 288 g/mol. The van der Waals surface area contributed by atoms with Gasteiger partial charge in [-0.05, 0) is 31.2 Å². The Morgan fingerprint density at radius 1 is 1.33 bits per heavy atom. The van der Waals surface area contributed by atoms with Gasteiger partial charge >= 0.3 is 0 Å². The second-order valence-corrected chi connectivity index (χ2v) is 4.54. The standard InChI is InChI=1S/C15H20N4O2/c1-2-19-9-7-16-14(19)11-18-13-5-3-12(4-6-13)15(21)17-8-10-20/h3-7,9,18,20H,2,8,10-11H2,1H3,(H,17,21). The number of nitrogens with zero attached hydrogens (tertiary/aromatic N) is 2. The smallest absolute Gasteiger partial charge is 0.251 e. The van der Waals surface area contributed by atoms with E-state index in [0.717, 1.165) is 18.1 Å². The van der Waals surface area contributed by atoms with Crippen molar-refractivity contribution in [2.24, 2.45) is 0 Å². The first kappa shape index (κ1) is 15.1. The van der Waals surface area contributed by atoms with Crippen LogP contribution in [0.25, 0.3) is 0 Å². The van der Waals surface area contributed by atoms with E-state index in [0.29, 0.717) is 12.1 Å². The SMILES string of the molecule is CCn1ccnc1CNc1ccc(C(=O)NCCO)cc1. The lowest BCUT2D eigenvalue weighted by Gasteiger charge is -2.09. The first-order valence-electron chi connectivity index (χ1n) is 6.97. The largest absolute Gasteiger partial charge is 0.395 e. The molecule has 0 aliphatic carbocycles. The third-order valence-electron chi connectivity index (χ3n) is 3.14. The number of anilines is 1. The summed E-state index contributed by atoms with van der Waals surface area (Å²) in [5, 5.41) is 14.6. The molecule has 2 rings (SSSR count). The van der Waals surface area contributed by atoms with Crippen molar-refractivity contribution in [3.8, 4) is 0 Å². The maximum Gasteiger partial charge on any atom is 0.251 e. The predicted molar refractivity (Wildman–Crippen MR) is 81.1 cm³/mol. The lowest BCUT2D eigenvalue weighted by Crippen LogP contribution is -2.26. The number of aliphatic hydroxyl groups is 1. The van der Waals surface area contributed by atoms with E-state index in [2.05, 4.69) is 27.1 Å². The third-order valence-corrected chi connectivity index (χ3v) is 3.14. The van der Waals surface area contributed by atoms with Gasteiger partial charge in [0, 0.05) is 36.7 Å². The van der Waals surface area contributed by atoms with Gasteiger partial charge in [-0.25, -0.2) is 4.98 Å². The first-order chi connectivity index (χ1) is 10.2. The second kappa shape index (κ2) is 7.44. The molecule has 0 unspecified atom stereocenters. The van der Waals surface area contributed by atoms with E-state index in [4.69, 9.17) is 5.11 Å². The van der Waals surface area contributed by atoms with Crippen LogP contribution in [0.2, 0.25) is 0 Å². The van der Waals surface area contributed by atoms with Crippen LogP contribution in [0.4, 0.5) is 5.69 Å². The topological polar surface area (TPSA) is 79.2 Å². The summed E-state index contributed by atoms with van der Waals surface area (Å²) in [6.07, 6.45) is 3.74. The summed E-state index contributed by atoms with van der Waals surface area (Å²) in [5.41, 5.74) is 1.50. The zero-order valence-corrected chi connectivity index (χ0v) is 12.0. The van der Waals surface area contributed by atoms with Gasteiger partial charge in [0.25, 0.3) is 5.91 Å². The molecule has 2 aromatic rings. The van der Waals surface area contributed by atoms with Crippen molar-refractivity contribution in [3.05, 3.63) is 48.0 Å². The molecule has 0 aliphatic rings. The number of carbonyl (C=O) groups excluding carboxylic acids is 1. The molecule has 1 aromatic carbocycles. The molecule has 0 saturated heterocycles. The highest BCUT2D eigenvalue weighted by atomic mass is 16.3. The summed E-state index contributed by atoms with van der Waals surface area (Å²) < 4.78 is 2.07. The summed E-state index contributed by atoms with van der Waals surface area (Å²) in [6.45, 7) is 3.80. The molecular weight excluding hydrogens is 268 g/mol. The molecule has 6 heteroatoms. The minimum absolute atomic E-state index is 0.0601. The fourth-order valence-corrected chi connectivity index (χ4v) is 1.99. The van der Waals surface area contributed by atoms with Crippen molar-refractivity contribution in [1.82, 2.24) is 14.9 Å². The van der Waals surface area contributed by atoms with Crippen molar-refractivity contribution in [2.75, 3.05) is 18.5 Å². The zero-order chi connectivity index (χ0) is 15.1. The van der Waals surface area contributed by atoms with Crippen molar-refractivity contribution >= 4 is 11.6 Å². The predicted octanol–water partition coefficient (Wildman–Crippen LogP) is 1.24. The van der Waals surface area contributed by atoms with Crippen molar-refractivity contribution in [1.29, 1.82) is 0 Å². The van der Waals surface area contributed by atoms with E-state index < -0.39 is 0 Å². The van der Waals surface area contributed by atoms with Crippen LogP contribution >= 0.6 is 0 Å². The molecule has 0 saturated carbocycles. The van der Waals surface area contributed by atoms with Crippen molar-refractivity contribution in [3.63, 3.8) is 0 Å². The maximum absolute atomic E-state index is 11.7. The van der Waals surface area contributed by atoms with Gasteiger partial charge in [-0.15, -0.1) is 0 Å². The van der Waals surface area contributed by atoms with Crippen LogP contribution in [0.1, 0.15) is 23.1 Å². The number of imidazole rings is 1. The molecule has 0 bridgehead atoms. The molecule has 1 heterocycles. The van der Waals surface area contributed by atoms with Gasteiger partial charge in [0.1, 0.15) is 5.82 Å². The molecule has 0 aliphatic heterocycles. The van der Waals surface area contributed by atoms with Gasteiger partial charge in [0.05, 0.1) is 13.2 Å². The number of aliphatic hydroxyl groups excluding tert-OH is 1. The van der Waals surface area contributed by atoms with Crippen molar-refractivity contribution in [2.45, 2.75) is 20.0 Å². The maximum atomic E-state index is 11.7. The normalized spacial score (nSPS) is 10.4. The van der Waals surface area contributed by atoms with Crippen LogP contribution in [-0.2, 0) is 13.1 Å². The van der Waals surface area contributed by atoms with E-state index >= 15 is 0 Å². The van der Waals surface area contributed by atoms with Gasteiger partial charge in [-0.3, -0.25) is 4.79 Å². The number of benzene rings is 1. The summed E-state index contributed by atoms with van der Waals surface area (Å²) in [4.78, 5) is 16.0. The van der Waals surface area contributed by atoms with Gasteiger partial charge in [-0.2, -0.15) is 0 Å². The molecule has 1 amide bonds. The Bertz CT molecular complexity index is 578. The summed E-state index contributed by atoms with van der Waals surface area (Å²) >= 11 is 0. The number of rotatable bonds is 7. The Balaban J connectivity index is 1.92. The molecule has 3 N–H and O–H groups in total. The van der Waals surface area contributed by atoms with Crippen LogP contribution in [0, 0.1) is 0 Å². The minimum Gasteiger partial charge on any atom is -0.395 e. The fourth-order valence-electron chi connectivity index (χ4n) is 1.99. The second-order valence-electron chi connectivity index (χ2n) is 4.54. The highest BCUT2D eigenvalue weighted by molar-refractivity contribution is 5.94. The van der Waals surface area contributed by atoms with Gasteiger partial charge < -0.3 is 20.3 Å². The summed E-state index contributed by atoms with van der Waals surface area (Å²) in [5.74, 6) is 0.791. The first-order valence-corrected chi connectivity index (χ1v) is 6.97. The molecule has 1 aromatic heterocycles. The Labute approximate surface area is 123 Å². The quantitative estimate of drug-likeness (QED) is 0.716. The Morgan fingerprint density at radius 2 is 2.10 bits per heavy atom. The van der Waals surface area contributed by atoms with Crippen LogP contribution in [-0.4, -0.2) is 33.7 Å². The number of aryl methyl sites for hydroxylation is 1. The number of aromatic nitrogens is 2. The van der Waals surface area contributed by atoms with Crippen LogP contribution in [0.5, 0.6) is 0 Å². The van der Waals surface area contributed by atoms with Crippen molar-refractivity contribution < 1.29 is 9.90 Å². The number of hydrogen-bond acceptors (Lipinski definition) is 4. The molecule has 6 nitrogen and oxygen atoms in total. The fraction of sp³-hybridized carbons (Fsp3) is 0.333. The average molecular weight is 288 g/mol. The highest BCUT2D eigenvalue weighted by Gasteiger charge is 2.05. The Hall–Kier alpha value is -2.34. The molecule has 112 valence electrons. The molecule has 21 heavy (non-hydrogen) atoms. The van der Waals surface area contributed by atoms with E-state index in [1.54, 1.807) is 18.3 Å². The Morgan fingerprint density at radius 3 is 2.76 bits per heavy atom. The number of carbonyl (C=O) groups is 1. The molecular formula is C15H20N4O2. The lowest BCUT2D eigenvalue weighted by molar-refractivity contribution is 0.0945. The van der Waals surface area contributed by atoms with Crippen LogP contribution in [0.15, 0.2) is 36.7 Å². The third kappa shape index (κ3) is 4.06. The molecule has 0 spiro atoms. The van der Waals surface area contributed by atoms with Gasteiger partial charge in [0.15, 0.2) is 0 Å². The van der Waals surface area contributed by atoms with Crippen LogP contribution in [0.3, 0.4) is 0 Å². The molecule has 0 atom stereocenters. The number of hydrogen-bond donors (Lipinski definition) is 3. The summed E-state index contributed by atoms with van der Waals surface area (Å²) in [7, 11) is 0. The average Bonchev–Trinajstić information content (AvgIpc) is 2.98. The Kier molecular flexibility index (Phi) is 5.34. The molecule has 0 radical (unpaired) electrons. The van der Waals surface area contributed by atoms with E-state index in [-0.39, 0.29) is 19.1 Å². The lowest BCUT2D eigenvalue weighted by atomic mass is 10.2. The van der Waals surface area contributed by atoms with Crippen LogP contribution < -0.4 is 10.6 Å². The molecule has 0 fully saturated rings. The van der Waals surface area contributed by atoms with E-state index in [1.165, 1.54) is 0 Å². The summed E-state index contributed by atoms with van der Waals surface area (Å²) in [6, 6.07) is 7.21.